The molecular formula is C23H21FN4O. The zero-order valence-corrected chi connectivity index (χ0v) is 16.3. The van der Waals surface area contributed by atoms with Gasteiger partial charge in [0.1, 0.15) is 5.82 Å². The zero-order valence-electron chi connectivity index (χ0n) is 16.3. The number of H-pyrrole nitrogens is 1. The lowest BCUT2D eigenvalue weighted by Gasteiger charge is -2.25. The molecule has 0 bridgehead atoms. The average molecular weight is 388 g/mol. The van der Waals surface area contributed by atoms with Crippen molar-refractivity contribution in [1.29, 1.82) is 0 Å². The van der Waals surface area contributed by atoms with Crippen LogP contribution in [0.15, 0.2) is 35.4 Å². The Balaban J connectivity index is 1.70. The summed E-state index contributed by atoms with van der Waals surface area (Å²) in [5.74, 6) is 6.65. The fraction of sp³-hybridized carbons (Fsp3) is 0.348. The van der Waals surface area contributed by atoms with E-state index in [1.807, 2.05) is 11.1 Å². The third-order valence-electron chi connectivity index (χ3n) is 5.82. The molecule has 2 aromatic heterocycles. The van der Waals surface area contributed by atoms with Crippen molar-refractivity contribution in [2.45, 2.75) is 39.0 Å². The van der Waals surface area contributed by atoms with E-state index in [4.69, 9.17) is 0 Å². The lowest BCUT2D eigenvalue weighted by Crippen LogP contribution is -2.24. The molecule has 5 rings (SSSR count). The summed E-state index contributed by atoms with van der Waals surface area (Å²) in [4.78, 5) is 25.3. The summed E-state index contributed by atoms with van der Waals surface area (Å²) < 4.78 is 14.7. The van der Waals surface area contributed by atoms with Crippen molar-refractivity contribution >= 4 is 22.4 Å². The summed E-state index contributed by atoms with van der Waals surface area (Å²) in [5, 5.41) is 0.321. The highest BCUT2D eigenvalue weighted by Gasteiger charge is 2.35. The van der Waals surface area contributed by atoms with Crippen molar-refractivity contribution in [2.24, 2.45) is 5.41 Å². The third-order valence-corrected chi connectivity index (χ3v) is 5.82. The van der Waals surface area contributed by atoms with Crippen LogP contribution in [-0.2, 0) is 6.42 Å². The molecule has 1 N–H and O–H groups in total. The van der Waals surface area contributed by atoms with Gasteiger partial charge in [0.05, 0.1) is 22.8 Å². The van der Waals surface area contributed by atoms with Gasteiger partial charge in [0, 0.05) is 23.7 Å². The second-order valence-electron chi connectivity index (χ2n) is 8.13. The van der Waals surface area contributed by atoms with Crippen molar-refractivity contribution < 1.29 is 4.39 Å². The van der Waals surface area contributed by atoms with E-state index in [-0.39, 0.29) is 5.41 Å². The minimum atomic E-state index is -0.491. The van der Waals surface area contributed by atoms with Crippen molar-refractivity contribution in [1.82, 2.24) is 15.0 Å². The van der Waals surface area contributed by atoms with Crippen molar-refractivity contribution in [3.8, 4) is 11.8 Å². The first-order valence-corrected chi connectivity index (χ1v) is 10.0. The first-order chi connectivity index (χ1) is 14.0. The number of aromatic amines is 1. The molecule has 146 valence electrons. The second kappa shape index (κ2) is 6.70. The molecule has 6 heteroatoms. The van der Waals surface area contributed by atoms with E-state index in [2.05, 4.69) is 33.7 Å². The molecule has 0 radical (unpaired) electrons. The zero-order chi connectivity index (χ0) is 20.0. The minimum absolute atomic E-state index is 0.126. The number of rotatable bonds is 1. The van der Waals surface area contributed by atoms with E-state index in [9.17, 15) is 9.18 Å². The first kappa shape index (κ1) is 17.9. The predicted molar refractivity (Wildman–Crippen MR) is 111 cm³/mol. The van der Waals surface area contributed by atoms with Crippen LogP contribution in [0.25, 0.3) is 10.9 Å². The molecule has 1 saturated carbocycles. The quantitative estimate of drug-likeness (QED) is 0.638. The van der Waals surface area contributed by atoms with E-state index in [1.165, 1.54) is 6.07 Å². The summed E-state index contributed by atoms with van der Waals surface area (Å²) in [6, 6.07) is 4.67. The number of anilines is 2. The molecule has 0 unspecified atom stereocenters. The summed E-state index contributed by atoms with van der Waals surface area (Å²) in [5.41, 5.74) is 2.95. The molecule has 3 aromatic rings. The standard InChI is InChI=1S/C23H21FN4O/c1-23(10-11-23)9-8-15-13-25-14-19-16(15)5-2-3-12-28(19)21-20-17(24)6-4-7-18(20)26-22(29)27-21/h4,6-7,13-14H,2-3,5,10-12H2,1H3,(H,26,27,29). The summed E-state index contributed by atoms with van der Waals surface area (Å²) in [7, 11) is 0. The summed E-state index contributed by atoms with van der Waals surface area (Å²) in [6.45, 7) is 2.82. The summed E-state index contributed by atoms with van der Waals surface area (Å²) in [6.07, 6.45) is 8.63. The molecular weight excluding hydrogens is 367 g/mol. The van der Waals surface area contributed by atoms with Gasteiger partial charge in [-0.15, -0.1) is 0 Å². The lowest BCUT2D eigenvalue weighted by molar-refractivity contribution is 0.638. The van der Waals surface area contributed by atoms with Crippen molar-refractivity contribution in [3.05, 3.63) is 58.0 Å². The van der Waals surface area contributed by atoms with Gasteiger partial charge in [-0.1, -0.05) is 17.9 Å². The van der Waals surface area contributed by atoms with Gasteiger partial charge < -0.3 is 9.88 Å². The van der Waals surface area contributed by atoms with Crippen LogP contribution in [-0.4, -0.2) is 21.5 Å². The SMILES string of the molecule is CC1(C#Cc2cncc3c2CCCCN3c2nc(=O)[nH]c3cccc(F)c23)CC1. The highest BCUT2D eigenvalue weighted by atomic mass is 19.1. The molecule has 1 aromatic carbocycles. The Bertz CT molecular complexity index is 1230. The number of hydrogen-bond acceptors (Lipinski definition) is 4. The maximum absolute atomic E-state index is 14.7. The third kappa shape index (κ3) is 3.27. The molecule has 2 aliphatic rings. The van der Waals surface area contributed by atoms with Gasteiger partial charge in [-0.05, 0) is 56.7 Å². The highest BCUT2D eigenvalue weighted by molar-refractivity contribution is 5.92. The fourth-order valence-corrected chi connectivity index (χ4v) is 3.87. The second-order valence-corrected chi connectivity index (χ2v) is 8.13. The highest BCUT2D eigenvalue weighted by Crippen LogP contribution is 2.44. The van der Waals surface area contributed by atoms with Gasteiger partial charge in [0.25, 0.3) is 0 Å². The van der Waals surface area contributed by atoms with E-state index in [1.54, 1.807) is 18.3 Å². The maximum atomic E-state index is 14.7. The minimum Gasteiger partial charge on any atom is -0.324 e. The molecule has 5 nitrogen and oxygen atoms in total. The van der Waals surface area contributed by atoms with Crippen LogP contribution in [0.2, 0.25) is 0 Å². The van der Waals surface area contributed by atoms with E-state index >= 15 is 0 Å². The number of halogens is 1. The van der Waals surface area contributed by atoms with Crippen LogP contribution in [0.4, 0.5) is 15.9 Å². The number of aromatic nitrogens is 3. The monoisotopic (exact) mass is 388 g/mol. The number of benzene rings is 1. The largest absolute Gasteiger partial charge is 0.347 e. The van der Waals surface area contributed by atoms with E-state index in [0.29, 0.717) is 23.3 Å². The van der Waals surface area contributed by atoms with Crippen LogP contribution in [0.3, 0.4) is 0 Å². The van der Waals surface area contributed by atoms with Crippen LogP contribution in [0, 0.1) is 23.1 Å². The Morgan fingerprint density at radius 1 is 1.24 bits per heavy atom. The van der Waals surface area contributed by atoms with Crippen molar-refractivity contribution in [2.75, 3.05) is 11.4 Å². The Morgan fingerprint density at radius 3 is 2.93 bits per heavy atom. The topological polar surface area (TPSA) is 61.9 Å². The van der Waals surface area contributed by atoms with Crippen LogP contribution >= 0.6 is 0 Å². The van der Waals surface area contributed by atoms with Crippen LogP contribution < -0.4 is 10.6 Å². The molecule has 0 saturated heterocycles. The van der Waals surface area contributed by atoms with Gasteiger partial charge in [-0.2, -0.15) is 4.98 Å². The number of pyridine rings is 1. The number of hydrogen-bond donors (Lipinski definition) is 1. The molecule has 0 amide bonds. The Hall–Kier alpha value is -3.20. The van der Waals surface area contributed by atoms with Gasteiger partial charge >= 0.3 is 5.69 Å². The molecule has 0 spiro atoms. The smallest absolute Gasteiger partial charge is 0.324 e. The van der Waals surface area contributed by atoms with E-state index in [0.717, 1.165) is 48.9 Å². The predicted octanol–water partition coefficient (Wildman–Crippen LogP) is 4.08. The van der Waals surface area contributed by atoms with Crippen molar-refractivity contribution in [3.63, 3.8) is 0 Å². The number of nitrogens with one attached hydrogen (secondary N) is 1. The van der Waals surface area contributed by atoms with Gasteiger partial charge in [-0.3, -0.25) is 4.98 Å². The van der Waals surface area contributed by atoms with Gasteiger partial charge in [0.2, 0.25) is 0 Å². The molecule has 1 fully saturated rings. The Morgan fingerprint density at radius 2 is 2.10 bits per heavy atom. The summed E-state index contributed by atoms with van der Waals surface area (Å²) >= 11 is 0. The Labute approximate surface area is 168 Å². The average Bonchev–Trinajstić information content (AvgIpc) is 3.47. The molecule has 1 aliphatic carbocycles. The fourth-order valence-electron chi connectivity index (χ4n) is 3.87. The molecule has 1 aliphatic heterocycles. The van der Waals surface area contributed by atoms with Crippen LogP contribution in [0.1, 0.15) is 43.7 Å². The van der Waals surface area contributed by atoms with Gasteiger partial charge in [0.15, 0.2) is 5.82 Å². The molecule has 0 atom stereocenters. The van der Waals surface area contributed by atoms with E-state index < -0.39 is 11.5 Å². The Kier molecular flexibility index (Phi) is 4.13. The first-order valence-electron chi connectivity index (χ1n) is 10.0. The maximum Gasteiger partial charge on any atom is 0.347 e. The molecule has 29 heavy (non-hydrogen) atoms. The molecule has 3 heterocycles. The normalized spacial score (nSPS) is 17.2. The number of fused-ring (bicyclic) bond motifs is 2. The number of nitrogens with zero attached hydrogens (tertiary/aromatic N) is 3. The lowest BCUT2D eigenvalue weighted by atomic mass is 10.0. The van der Waals surface area contributed by atoms with Gasteiger partial charge in [-0.25, -0.2) is 9.18 Å². The van der Waals surface area contributed by atoms with Crippen LogP contribution in [0.5, 0.6) is 0 Å².